The van der Waals surface area contributed by atoms with E-state index in [4.69, 9.17) is 4.74 Å². The van der Waals surface area contributed by atoms with Crippen molar-refractivity contribution in [3.8, 4) is 0 Å². The van der Waals surface area contributed by atoms with Crippen LogP contribution in [-0.4, -0.2) is 42.9 Å². The molecule has 2 aliphatic heterocycles. The molecule has 0 radical (unpaired) electrons. The van der Waals surface area contributed by atoms with Gasteiger partial charge in [-0.2, -0.15) is 0 Å². The number of hydrogen-bond donors (Lipinski definition) is 0. The van der Waals surface area contributed by atoms with E-state index in [2.05, 4.69) is 0 Å². The van der Waals surface area contributed by atoms with Gasteiger partial charge in [0.1, 0.15) is 0 Å². The number of hydrogen-bond acceptors (Lipinski definition) is 4. The second-order valence-electron chi connectivity index (χ2n) is 3.80. The van der Waals surface area contributed by atoms with E-state index >= 15 is 0 Å². The summed E-state index contributed by atoms with van der Waals surface area (Å²) in [6, 6.07) is -0.0979. The summed E-state index contributed by atoms with van der Waals surface area (Å²) >= 11 is 0. The van der Waals surface area contributed by atoms with Crippen molar-refractivity contribution in [2.75, 3.05) is 14.2 Å². The standard InChI is InChI=1S/C10H13NO3/c1-11-7-3-4-9(12)8(11)5-6(7)10(13)14-2/h3-4,6-8H,5H2,1-2H3/t6-,7-,8-/m1/s1. The first-order chi connectivity index (χ1) is 6.65. The number of fused-ring (bicyclic) bond motifs is 2. The number of rotatable bonds is 1. The van der Waals surface area contributed by atoms with Crippen LogP contribution < -0.4 is 0 Å². The zero-order valence-electron chi connectivity index (χ0n) is 8.27. The predicted octanol–water partition coefficient (Wildman–Crippen LogP) is -0.0128. The van der Waals surface area contributed by atoms with Crippen LogP contribution in [0, 0.1) is 5.92 Å². The van der Waals surface area contributed by atoms with E-state index in [0.717, 1.165) is 0 Å². The maximum absolute atomic E-state index is 11.4. The molecule has 0 N–H and O–H groups in total. The van der Waals surface area contributed by atoms with E-state index in [9.17, 15) is 9.59 Å². The molecule has 2 aliphatic rings. The summed E-state index contributed by atoms with van der Waals surface area (Å²) in [4.78, 5) is 24.8. The van der Waals surface area contributed by atoms with Gasteiger partial charge in [-0.3, -0.25) is 14.5 Å². The van der Waals surface area contributed by atoms with Gasteiger partial charge in [-0.15, -0.1) is 0 Å². The molecule has 0 aromatic carbocycles. The number of esters is 1. The van der Waals surface area contributed by atoms with E-state index in [-0.39, 0.29) is 29.8 Å². The highest BCUT2D eigenvalue weighted by atomic mass is 16.5. The van der Waals surface area contributed by atoms with Gasteiger partial charge in [0, 0.05) is 6.04 Å². The first-order valence-electron chi connectivity index (χ1n) is 4.67. The fraction of sp³-hybridized carbons (Fsp3) is 0.600. The molecule has 76 valence electrons. The Morgan fingerprint density at radius 2 is 2.36 bits per heavy atom. The van der Waals surface area contributed by atoms with E-state index in [1.807, 2.05) is 11.9 Å². The molecule has 0 aromatic rings. The van der Waals surface area contributed by atoms with Crippen LogP contribution in [0.25, 0.3) is 0 Å². The van der Waals surface area contributed by atoms with Gasteiger partial charge in [0.05, 0.1) is 19.1 Å². The molecule has 2 heterocycles. The van der Waals surface area contributed by atoms with Crippen LogP contribution in [0.15, 0.2) is 12.2 Å². The summed E-state index contributed by atoms with van der Waals surface area (Å²) in [6.45, 7) is 0. The Hall–Kier alpha value is -1.16. The zero-order valence-corrected chi connectivity index (χ0v) is 8.27. The molecule has 1 saturated heterocycles. The van der Waals surface area contributed by atoms with Crippen LogP contribution in [0.5, 0.6) is 0 Å². The van der Waals surface area contributed by atoms with Crippen molar-refractivity contribution >= 4 is 11.8 Å². The number of ketones is 1. The lowest BCUT2D eigenvalue weighted by molar-refractivity contribution is -0.145. The molecule has 4 nitrogen and oxygen atoms in total. The highest BCUT2D eigenvalue weighted by Gasteiger charge is 2.46. The fourth-order valence-corrected chi connectivity index (χ4v) is 2.32. The Labute approximate surface area is 82.5 Å². The molecule has 2 rings (SSSR count). The Morgan fingerprint density at radius 3 is 2.93 bits per heavy atom. The fourth-order valence-electron chi connectivity index (χ4n) is 2.32. The van der Waals surface area contributed by atoms with Gasteiger partial charge < -0.3 is 4.74 Å². The first kappa shape index (κ1) is 9.40. The van der Waals surface area contributed by atoms with Crippen molar-refractivity contribution in [1.82, 2.24) is 4.90 Å². The minimum absolute atomic E-state index is 0.0325. The van der Waals surface area contributed by atoms with Crippen LogP contribution in [0.1, 0.15) is 6.42 Å². The third kappa shape index (κ3) is 1.18. The summed E-state index contributed by atoms with van der Waals surface area (Å²) in [5.74, 6) is -0.309. The van der Waals surface area contributed by atoms with Crippen molar-refractivity contribution in [2.45, 2.75) is 18.5 Å². The molecule has 0 saturated carbocycles. The van der Waals surface area contributed by atoms with Crippen LogP contribution in [0.4, 0.5) is 0 Å². The highest BCUT2D eigenvalue weighted by Crippen LogP contribution is 2.33. The van der Waals surface area contributed by atoms with Gasteiger partial charge in [0.15, 0.2) is 5.78 Å². The number of carbonyl (C=O) groups is 2. The van der Waals surface area contributed by atoms with Crippen molar-refractivity contribution in [2.24, 2.45) is 5.92 Å². The summed E-state index contributed by atoms with van der Waals surface area (Å²) < 4.78 is 4.72. The molecule has 0 aliphatic carbocycles. The Morgan fingerprint density at radius 1 is 1.64 bits per heavy atom. The van der Waals surface area contributed by atoms with E-state index < -0.39 is 0 Å². The van der Waals surface area contributed by atoms with Gasteiger partial charge in [0.25, 0.3) is 0 Å². The van der Waals surface area contributed by atoms with Gasteiger partial charge in [-0.05, 0) is 19.5 Å². The third-order valence-corrected chi connectivity index (χ3v) is 3.14. The smallest absolute Gasteiger partial charge is 0.310 e. The minimum atomic E-state index is -0.219. The van der Waals surface area contributed by atoms with Crippen LogP contribution in [-0.2, 0) is 14.3 Å². The largest absolute Gasteiger partial charge is 0.469 e. The number of methoxy groups -OCH3 is 1. The summed E-state index contributed by atoms with van der Waals surface area (Å²) in [5.41, 5.74) is 0. The van der Waals surface area contributed by atoms with Crippen molar-refractivity contribution < 1.29 is 14.3 Å². The number of nitrogens with zero attached hydrogens (tertiary/aromatic N) is 1. The van der Waals surface area contributed by atoms with E-state index in [0.29, 0.717) is 6.42 Å². The minimum Gasteiger partial charge on any atom is -0.469 e. The van der Waals surface area contributed by atoms with Gasteiger partial charge in [-0.25, -0.2) is 0 Å². The lowest BCUT2D eigenvalue weighted by Gasteiger charge is -2.26. The van der Waals surface area contributed by atoms with Crippen molar-refractivity contribution in [1.29, 1.82) is 0 Å². The first-order valence-corrected chi connectivity index (χ1v) is 4.67. The average molecular weight is 195 g/mol. The quantitative estimate of drug-likeness (QED) is 0.552. The predicted molar refractivity (Wildman–Crippen MR) is 49.6 cm³/mol. The zero-order chi connectivity index (χ0) is 10.3. The molecule has 0 amide bonds. The molecule has 14 heavy (non-hydrogen) atoms. The Bertz CT molecular complexity index is 310. The van der Waals surface area contributed by atoms with E-state index in [1.54, 1.807) is 12.2 Å². The molecule has 2 bridgehead atoms. The molecule has 0 unspecified atom stereocenters. The maximum Gasteiger partial charge on any atom is 0.310 e. The van der Waals surface area contributed by atoms with Gasteiger partial charge >= 0.3 is 5.97 Å². The SMILES string of the molecule is COC(=O)[C@@H]1C[C@@H]2C(=O)C=C[C@H]1N2C. The second-order valence-corrected chi connectivity index (χ2v) is 3.80. The van der Waals surface area contributed by atoms with Gasteiger partial charge in [-0.1, -0.05) is 6.08 Å². The second kappa shape index (κ2) is 3.20. The average Bonchev–Trinajstić information content (AvgIpc) is 2.39. The normalized spacial score (nSPS) is 36.1. The lowest BCUT2D eigenvalue weighted by Crippen LogP contribution is -2.40. The molecule has 0 aromatic heterocycles. The summed E-state index contributed by atoms with van der Waals surface area (Å²) in [6.07, 6.45) is 3.96. The summed E-state index contributed by atoms with van der Waals surface area (Å²) in [5, 5.41) is 0. The van der Waals surface area contributed by atoms with Gasteiger partial charge in [0.2, 0.25) is 0 Å². The number of likely N-dealkylation sites (N-methyl/N-ethyl adjacent to an activating group) is 1. The third-order valence-electron chi connectivity index (χ3n) is 3.14. The molecule has 3 atom stereocenters. The van der Waals surface area contributed by atoms with Crippen LogP contribution in [0.3, 0.4) is 0 Å². The van der Waals surface area contributed by atoms with E-state index in [1.165, 1.54) is 7.11 Å². The molecular weight excluding hydrogens is 182 g/mol. The van der Waals surface area contributed by atoms with Crippen LogP contribution >= 0.6 is 0 Å². The lowest BCUT2D eigenvalue weighted by atomic mass is 10.0. The van der Waals surface area contributed by atoms with Crippen molar-refractivity contribution in [3.05, 3.63) is 12.2 Å². The van der Waals surface area contributed by atoms with Crippen LogP contribution in [0.2, 0.25) is 0 Å². The number of carbonyl (C=O) groups excluding carboxylic acids is 2. The maximum atomic E-state index is 11.4. The molecular formula is C10H13NO3. The highest BCUT2D eigenvalue weighted by molar-refractivity contribution is 5.97. The van der Waals surface area contributed by atoms with Crippen molar-refractivity contribution in [3.63, 3.8) is 0 Å². The Kier molecular flexibility index (Phi) is 2.15. The molecule has 0 spiro atoms. The topological polar surface area (TPSA) is 46.6 Å². The summed E-state index contributed by atoms with van der Waals surface area (Å²) in [7, 11) is 3.26. The monoisotopic (exact) mass is 195 g/mol. The Balaban J connectivity index is 2.25. The number of ether oxygens (including phenoxy) is 1. The molecule has 1 fully saturated rings. The molecule has 4 heteroatoms.